The monoisotopic (exact) mass is 355 g/mol. The van der Waals surface area contributed by atoms with Crippen molar-refractivity contribution in [2.45, 2.75) is 32.6 Å². The van der Waals surface area contributed by atoms with E-state index in [1.54, 1.807) is 24.1 Å². The minimum Gasteiger partial charge on any atom is -0.483 e. The van der Waals surface area contributed by atoms with Crippen molar-refractivity contribution in [1.29, 1.82) is 0 Å². The first kappa shape index (κ1) is 18.8. The van der Waals surface area contributed by atoms with E-state index in [1.807, 2.05) is 13.8 Å². The molecule has 1 heterocycles. The fourth-order valence-corrected chi connectivity index (χ4v) is 2.36. The van der Waals surface area contributed by atoms with E-state index in [0.717, 1.165) is 11.6 Å². The van der Waals surface area contributed by atoms with Crippen LogP contribution in [0.5, 0.6) is 5.75 Å². The van der Waals surface area contributed by atoms with Crippen LogP contribution in [0, 0.1) is 0 Å². The second-order valence-corrected chi connectivity index (χ2v) is 5.92. The Morgan fingerprint density at radius 1 is 1.32 bits per heavy atom. The Bertz CT molecular complexity index is 726. The molecule has 2 rings (SSSR count). The van der Waals surface area contributed by atoms with Gasteiger partial charge in [-0.1, -0.05) is 12.1 Å². The first-order chi connectivity index (χ1) is 11.7. The van der Waals surface area contributed by atoms with Gasteiger partial charge in [0.1, 0.15) is 5.75 Å². The van der Waals surface area contributed by atoms with Gasteiger partial charge in [-0.3, -0.25) is 9.48 Å². The lowest BCUT2D eigenvalue weighted by Crippen LogP contribution is -2.39. The van der Waals surface area contributed by atoms with Crippen LogP contribution in [0.15, 0.2) is 36.7 Å². The number of para-hydroxylation sites is 1. The average Bonchev–Trinajstić information content (AvgIpc) is 2.94. The second kappa shape index (κ2) is 7.58. The number of carbonyl (C=O) groups excluding carboxylic acids is 1. The lowest BCUT2D eigenvalue weighted by molar-refractivity contribution is -0.141. The number of hydrogen-bond acceptors (Lipinski definition) is 3. The van der Waals surface area contributed by atoms with Crippen molar-refractivity contribution < 1.29 is 22.7 Å². The SMILES string of the molecule is CC(C)N(Cc1cnn(C)c1)C(=O)COc1ccccc1C(F)(F)F. The van der Waals surface area contributed by atoms with Crippen molar-refractivity contribution in [1.82, 2.24) is 14.7 Å². The van der Waals surface area contributed by atoms with Gasteiger partial charge in [0, 0.05) is 31.4 Å². The number of hydrogen-bond donors (Lipinski definition) is 0. The number of benzene rings is 1. The predicted molar refractivity (Wildman–Crippen MR) is 85.8 cm³/mol. The molecule has 0 N–H and O–H groups in total. The normalized spacial score (nSPS) is 11.6. The van der Waals surface area contributed by atoms with Gasteiger partial charge in [-0.2, -0.15) is 18.3 Å². The number of alkyl halides is 3. The summed E-state index contributed by atoms with van der Waals surface area (Å²) in [6.45, 7) is 3.51. The lowest BCUT2D eigenvalue weighted by Gasteiger charge is -2.26. The van der Waals surface area contributed by atoms with Crippen LogP contribution in [0.2, 0.25) is 0 Å². The maximum Gasteiger partial charge on any atom is 0.419 e. The van der Waals surface area contributed by atoms with Gasteiger partial charge in [-0.15, -0.1) is 0 Å². The quantitative estimate of drug-likeness (QED) is 0.799. The van der Waals surface area contributed by atoms with E-state index in [1.165, 1.54) is 23.1 Å². The maximum atomic E-state index is 13.0. The third-order valence-electron chi connectivity index (χ3n) is 3.60. The fraction of sp³-hybridized carbons (Fsp3) is 0.412. The van der Waals surface area contributed by atoms with Gasteiger partial charge in [-0.25, -0.2) is 0 Å². The summed E-state index contributed by atoms with van der Waals surface area (Å²) in [5.41, 5.74) is -0.0635. The van der Waals surface area contributed by atoms with Crippen LogP contribution in [0.25, 0.3) is 0 Å². The third kappa shape index (κ3) is 4.98. The summed E-state index contributed by atoms with van der Waals surface area (Å²) in [5, 5.41) is 4.04. The van der Waals surface area contributed by atoms with Gasteiger partial charge in [0.05, 0.1) is 11.8 Å². The minimum atomic E-state index is -4.53. The molecular formula is C17H20F3N3O2. The molecule has 1 amide bonds. The Morgan fingerprint density at radius 2 is 2.00 bits per heavy atom. The molecule has 0 fully saturated rings. The molecule has 8 heteroatoms. The van der Waals surface area contributed by atoms with Crippen LogP contribution < -0.4 is 4.74 Å². The Labute approximate surface area is 144 Å². The highest BCUT2D eigenvalue weighted by molar-refractivity contribution is 5.78. The van der Waals surface area contributed by atoms with Gasteiger partial charge >= 0.3 is 6.18 Å². The number of carbonyl (C=O) groups is 1. The number of nitrogens with zero attached hydrogens (tertiary/aromatic N) is 3. The van der Waals surface area contributed by atoms with Crippen molar-refractivity contribution in [3.8, 4) is 5.75 Å². The Morgan fingerprint density at radius 3 is 2.56 bits per heavy atom. The van der Waals surface area contributed by atoms with E-state index in [2.05, 4.69) is 5.10 Å². The third-order valence-corrected chi connectivity index (χ3v) is 3.60. The summed E-state index contributed by atoms with van der Waals surface area (Å²) < 4.78 is 45.7. The zero-order valence-corrected chi connectivity index (χ0v) is 14.2. The molecule has 0 aliphatic carbocycles. The van der Waals surface area contributed by atoms with Crippen LogP contribution in [-0.2, 0) is 24.6 Å². The van der Waals surface area contributed by atoms with E-state index in [0.29, 0.717) is 6.54 Å². The molecule has 0 aliphatic rings. The van der Waals surface area contributed by atoms with E-state index in [4.69, 9.17) is 4.74 Å². The second-order valence-electron chi connectivity index (χ2n) is 5.92. The molecule has 25 heavy (non-hydrogen) atoms. The number of halogens is 3. The lowest BCUT2D eigenvalue weighted by atomic mass is 10.2. The van der Waals surface area contributed by atoms with Gasteiger partial charge in [0.2, 0.25) is 0 Å². The number of ether oxygens (including phenoxy) is 1. The van der Waals surface area contributed by atoms with E-state index >= 15 is 0 Å². The molecule has 0 saturated carbocycles. The number of rotatable bonds is 6. The number of aromatic nitrogens is 2. The Kier molecular flexibility index (Phi) is 5.71. The summed E-state index contributed by atoms with van der Waals surface area (Å²) >= 11 is 0. The van der Waals surface area contributed by atoms with Crippen LogP contribution >= 0.6 is 0 Å². The summed E-state index contributed by atoms with van der Waals surface area (Å²) in [5.74, 6) is -0.746. The van der Waals surface area contributed by atoms with Crippen molar-refractivity contribution in [3.05, 3.63) is 47.8 Å². The van der Waals surface area contributed by atoms with Gasteiger partial charge in [-0.05, 0) is 26.0 Å². The van der Waals surface area contributed by atoms with Crippen molar-refractivity contribution in [3.63, 3.8) is 0 Å². The molecule has 136 valence electrons. The molecule has 0 unspecified atom stereocenters. The van der Waals surface area contributed by atoms with Gasteiger partial charge < -0.3 is 9.64 Å². The highest BCUT2D eigenvalue weighted by Gasteiger charge is 2.34. The van der Waals surface area contributed by atoms with Gasteiger partial charge in [0.15, 0.2) is 6.61 Å². The maximum absolute atomic E-state index is 13.0. The molecule has 1 aromatic carbocycles. The molecular weight excluding hydrogens is 335 g/mol. The molecule has 0 bridgehead atoms. The van der Waals surface area contributed by atoms with Crippen LogP contribution in [0.3, 0.4) is 0 Å². The van der Waals surface area contributed by atoms with E-state index in [-0.39, 0.29) is 11.8 Å². The summed E-state index contributed by atoms with van der Waals surface area (Å²) in [7, 11) is 1.77. The zero-order chi connectivity index (χ0) is 18.6. The molecule has 0 aliphatic heterocycles. The average molecular weight is 355 g/mol. The molecule has 1 aromatic heterocycles. The smallest absolute Gasteiger partial charge is 0.419 e. The predicted octanol–water partition coefficient (Wildman–Crippen LogP) is 3.25. The fourth-order valence-electron chi connectivity index (χ4n) is 2.36. The highest BCUT2D eigenvalue weighted by atomic mass is 19.4. The summed E-state index contributed by atoms with van der Waals surface area (Å²) in [4.78, 5) is 14.0. The van der Waals surface area contributed by atoms with Crippen molar-refractivity contribution in [2.24, 2.45) is 7.05 Å². The van der Waals surface area contributed by atoms with Crippen LogP contribution in [-0.4, -0.2) is 33.2 Å². The van der Waals surface area contributed by atoms with E-state index < -0.39 is 24.3 Å². The number of amides is 1. The van der Waals surface area contributed by atoms with Gasteiger partial charge in [0.25, 0.3) is 5.91 Å². The standard InChI is InChI=1S/C17H20F3N3O2/c1-12(2)23(10-13-8-21-22(3)9-13)16(24)11-25-15-7-5-4-6-14(15)17(18,19)20/h4-9,12H,10-11H2,1-3H3. The topological polar surface area (TPSA) is 47.4 Å². The van der Waals surface area contributed by atoms with Crippen LogP contribution in [0.1, 0.15) is 25.0 Å². The minimum absolute atomic E-state index is 0.130. The molecule has 0 spiro atoms. The number of aryl methyl sites for hydroxylation is 1. The Balaban J connectivity index is 2.07. The summed E-state index contributed by atoms with van der Waals surface area (Å²) in [6, 6.07) is 4.71. The zero-order valence-electron chi connectivity index (χ0n) is 14.2. The Hall–Kier alpha value is -2.51. The largest absolute Gasteiger partial charge is 0.483 e. The molecule has 0 atom stereocenters. The molecule has 0 radical (unpaired) electrons. The molecule has 2 aromatic rings. The highest BCUT2D eigenvalue weighted by Crippen LogP contribution is 2.35. The van der Waals surface area contributed by atoms with Crippen molar-refractivity contribution >= 4 is 5.91 Å². The molecule has 0 saturated heterocycles. The first-order valence-corrected chi connectivity index (χ1v) is 7.74. The van der Waals surface area contributed by atoms with E-state index in [9.17, 15) is 18.0 Å². The van der Waals surface area contributed by atoms with Crippen molar-refractivity contribution in [2.75, 3.05) is 6.61 Å². The first-order valence-electron chi connectivity index (χ1n) is 7.74. The van der Waals surface area contributed by atoms with Crippen LogP contribution in [0.4, 0.5) is 13.2 Å². The molecule has 5 nitrogen and oxygen atoms in total. The summed E-state index contributed by atoms with van der Waals surface area (Å²) in [6.07, 6.45) is -1.11.